The zero-order valence-electron chi connectivity index (χ0n) is 13.5. The van der Waals surface area contributed by atoms with Crippen molar-refractivity contribution in [1.29, 1.82) is 0 Å². The SMILES string of the molecule is C=C1C(=Nc2ccc(N(C)C)cc2)C(=O)Nc2[nH]n(C(=O)O)c(=O)c21. The van der Waals surface area contributed by atoms with Crippen LogP contribution in [0.4, 0.5) is 22.0 Å². The van der Waals surface area contributed by atoms with Crippen molar-refractivity contribution in [2.75, 3.05) is 24.3 Å². The molecule has 1 aromatic carbocycles. The number of aromatic amines is 1. The first-order chi connectivity index (χ1) is 11.8. The molecule has 9 nitrogen and oxygen atoms in total. The zero-order valence-corrected chi connectivity index (χ0v) is 13.5. The number of carbonyl (C=O) groups is 2. The minimum absolute atomic E-state index is 0.00990. The van der Waals surface area contributed by atoms with Crippen LogP contribution in [0.15, 0.2) is 40.6 Å². The summed E-state index contributed by atoms with van der Waals surface area (Å²) in [5, 5.41) is 13.7. The number of benzene rings is 1. The van der Waals surface area contributed by atoms with Gasteiger partial charge in [0.25, 0.3) is 11.5 Å². The molecule has 9 heteroatoms. The van der Waals surface area contributed by atoms with Gasteiger partial charge in [-0.3, -0.25) is 14.7 Å². The Labute approximate surface area is 141 Å². The number of carboxylic acid groups (broad SMARTS) is 1. The minimum atomic E-state index is -1.49. The van der Waals surface area contributed by atoms with Gasteiger partial charge in [0, 0.05) is 25.4 Å². The lowest BCUT2D eigenvalue weighted by Crippen LogP contribution is -2.31. The summed E-state index contributed by atoms with van der Waals surface area (Å²) in [6.07, 6.45) is -1.49. The summed E-state index contributed by atoms with van der Waals surface area (Å²) < 4.78 is 0.380. The third-order valence-electron chi connectivity index (χ3n) is 3.73. The fourth-order valence-electron chi connectivity index (χ4n) is 2.44. The molecule has 0 bridgehead atoms. The monoisotopic (exact) mass is 341 g/mol. The first-order valence-electron chi connectivity index (χ1n) is 7.25. The molecule has 25 heavy (non-hydrogen) atoms. The van der Waals surface area contributed by atoms with E-state index in [2.05, 4.69) is 22.0 Å². The number of hydrogen-bond acceptors (Lipinski definition) is 5. The maximum absolute atomic E-state index is 12.2. The lowest BCUT2D eigenvalue weighted by molar-refractivity contribution is -0.110. The largest absolute Gasteiger partial charge is 0.463 e. The molecule has 0 saturated carbocycles. The second-order valence-corrected chi connectivity index (χ2v) is 5.59. The number of fused-ring (bicyclic) bond motifs is 1. The van der Waals surface area contributed by atoms with E-state index in [0.717, 1.165) is 5.69 Å². The van der Waals surface area contributed by atoms with Gasteiger partial charge >= 0.3 is 6.09 Å². The number of nitrogens with one attached hydrogen (secondary N) is 2. The average molecular weight is 341 g/mol. The highest BCUT2D eigenvalue weighted by Gasteiger charge is 2.31. The molecule has 1 aliphatic rings. The lowest BCUT2D eigenvalue weighted by atomic mass is 10.0. The molecule has 0 fully saturated rings. The van der Waals surface area contributed by atoms with E-state index >= 15 is 0 Å². The fourth-order valence-corrected chi connectivity index (χ4v) is 2.44. The quantitative estimate of drug-likeness (QED) is 0.765. The predicted molar refractivity (Wildman–Crippen MR) is 94.0 cm³/mol. The van der Waals surface area contributed by atoms with Gasteiger partial charge in [0.05, 0.1) is 11.3 Å². The number of amides is 1. The Morgan fingerprint density at radius 2 is 1.88 bits per heavy atom. The third kappa shape index (κ3) is 2.71. The molecular weight excluding hydrogens is 326 g/mol. The van der Waals surface area contributed by atoms with Crippen molar-refractivity contribution in [3.63, 3.8) is 0 Å². The molecular formula is C16H15N5O4. The van der Waals surface area contributed by atoms with E-state index in [1.165, 1.54) is 0 Å². The van der Waals surface area contributed by atoms with Gasteiger partial charge < -0.3 is 15.3 Å². The highest BCUT2D eigenvalue weighted by atomic mass is 16.4. The molecule has 0 aliphatic carbocycles. The number of H-pyrrole nitrogens is 1. The molecule has 0 spiro atoms. The Hall–Kier alpha value is -3.62. The van der Waals surface area contributed by atoms with Crippen molar-refractivity contribution in [2.45, 2.75) is 0 Å². The molecule has 128 valence electrons. The summed E-state index contributed by atoms with van der Waals surface area (Å²) in [6, 6.07) is 7.13. The normalized spacial score (nSPS) is 15.0. The molecule has 1 aliphatic heterocycles. The van der Waals surface area contributed by atoms with Crippen molar-refractivity contribution >= 4 is 40.5 Å². The Morgan fingerprint density at radius 3 is 2.44 bits per heavy atom. The summed E-state index contributed by atoms with van der Waals surface area (Å²) in [6.45, 7) is 3.74. The molecule has 0 unspecified atom stereocenters. The van der Waals surface area contributed by atoms with Crippen LogP contribution in [-0.4, -0.2) is 46.7 Å². The van der Waals surface area contributed by atoms with Crippen LogP contribution in [0.5, 0.6) is 0 Å². The molecule has 2 heterocycles. The van der Waals surface area contributed by atoms with E-state index < -0.39 is 17.6 Å². The average Bonchev–Trinajstić information content (AvgIpc) is 2.88. The maximum atomic E-state index is 12.2. The van der Waals surface area contributed by atoms with Crippen molar-refractivity contribution in [3.8, 4) is 0 Å². The van der Waals surface area contributed by atoms with Gasteiger partial charge in [0.15, 0.2) is 0 Å². The van der Waals surface area contributed by atoms with Gasteiger partial charge in [-0.1, -0.05) is 6.58 Å². The van der Waals surface area contributed by atoms with Gasteiger partial charge in [-0.05, 0) is 24.3 Å². The fraction of sp³-hybridized carbons (Fsp3) is 0.125. The molecule has 0 saturated heterocycles. The lowest BCUT2D eigenvalue weighted by Gasteiger charge is -2.16. The molecule has 1 amide bonds. The van der Waals surface area contributed by atoms with Crippen molar-refractivity contribution in [2.24, 2.45) is 4.99 Å². The number of anilines is 2. The third-order valence-corrected chi connectivity index (χ3v) is 3.73. The topological polar surface area (TPSA) is 120 Å². The second-order valence-electron chi connectivity index (χ2n) is 5.59. The van der Waals surface area contributed by atoms with Crippen LogP contribution in [0.2, 0.25) is 0 Å². The molecule has 0 atom stereocenters. The highest BCUT2D eigenvalue weighted by Crippen LogP contribution is 2.27. The Kier molecular flexibility index (Phi) is 3.76. The van der Waals surface area contributed by atoms with Gasteiger partial charge in [-0.15, -0.1) is 4.68 Å². The first-order valence-corrected chi connectivity index (χ1v) is 7.25. The molecule has 2 aromatic rings. The van der Waals surface area contributed by atoms with Crippen LogP contribution in [0.25, 0.3) is 5.57 Å². The van der Waals surface area contributed by atoms with Crippen molar-refractivity contribution < 1.29 is 14.7 Å². The Morgan fingerprint density at radius 1 is 1.24 bits per heavy atom. The summed E-state index contributed by atoms with van der Waals surface area (Å²) in [5.74, 6) is -0.586. The summed E-state index contributed by atoms with van der Waals surface area (Å²) >= 11 is 0. The van der Waals surface area contributed by atoms with Crippen LogP contribution in [-0.2, 0) is 4.79 Å². The first kappa shape index (κ1) is 16.2. The van der Waals surface area contributed by atoms with E-state index in [1.54, 1.807) is 12.1 Å². The highest BCUT2D eigenvalue weighted by molar-refractivity contribution is 6.60. The minimum Gasteiger partial charge on any atom is -0.463 e. The van der Waals surface area contributed by atoms with Crippen LogP contribution >= 0.6 is 0 Å². The molecule has 3 rings (SSSR count). The standard InChI is InChI=1S/C16H15N5O4/c1-8-11-13(19-21(15(11)23)16(24)25)18-14(22)12(8)17-9-4-6-10(7-5-9)20(2)3/h4-7,19H,1H2,2-3H3,(H,18,22)(H,24,25). The number of aromatic nitrogens is 2. The Bertz CT molecular complexity index is 979. The smallest absolute Gasteiger partial charge is 0.433 e. The predicted octanol–water partition coefficient (Wildman–Crippen LogP) is 1.51. The van der Waals surface area contributed by atoms with Crippen LogP contribution in [0.3, 0.4) is 0 Å². The van der Waals surface area contributed by atoms with Crippen LogP contribution in [0, 0.1) is 0 Å². The van der Waals surface area contributed by atoms with Crippen molar-refractivity contribution in [1.82, 2.24) is 9.78 Å². The number of aliphatic imine (C=N–C) groups is 1. The Balaban J connectivity index is 2.04. The number of hydrogen-bond donors (Lipinski definition) is 3. The van der Waals surface area contributed by atoms with Gasteiger partial charge in [0.1, 0.15) is 11.5 Å². The van der Waals surface area contributed by atoms with Gasteiger partial charge in [-0.2, -0.15) is 0 Å². The van der Waals surface area contributed by atoms with Crippen molar-refractivity contribution in [3.05, 3.63) is 46.8 Å². The summed E-state index contributed by atoms with van der Waals surface area (Å²) in [7, 11) is 3.80. The van der Waals surface area contributed by atoms with E-state index in [4.69, 9.17) is 5.11 Å². The number of carbonyl (C=O) groups excluding carboxylic acids is 1. The summed E-state index contributed by atoms with van der Waals surface area (Å²) in [4.78, 5) is 41.6. The van der Waals surface area contributed by atoms with E-state index in [1.807, 2.05) is 31.1 Å². The van der Waals surface area contributed by atoms with Gasteiger partial charge in [-0.25, -0.2) is 9.79 Å². The van der Waals surface area contributed by atoms with E-state index in [9.17, 15) is 14.4 Å². The number of nitrogens with zero attached hydrogens (tertiary/aromatic N) is 3. The maximum Gasteiger partial charge on any atom is 0.433 e. The van der Waals surface area contributed by atoms with Crippen LogP contribution < -0.4 is 15.8 Å². The van der Waals surface area contributed by atoms with E-state index in [-0.39, 0.29) is 22.7 Å². The molecule has 0 radical (unpaired) electrons. The van der Waals surface area contributed by atoms with Crippen LogP contribution in [0.1, 0.15) is 5.56 Å². The van der Waals surface area contributed by atoms with Gasteiger partial charge in [0.2, 0.25) is 0 Å². The van der Waals surface area contributed by atoms with E-state index in [0.29, 0.717) is 10.4 Å². The molecule has 3 N–H and O–H groups in total. The second kappa shape index (κ2) is 5.78. The summed E-state index contributed by atoms with van der Waals surface area (Å²) in [5.41, 5.74) is 0.659. The molecule has 1 aromatic heterocycles. The number of rotatable bonds is 2. The zero-order chi connectivity index (χ0) is 18.3.